The maximum atomic E-state index is 12.2. The molecule has 2 aliphatic rings. The molecular weight excluding hydrogens is 324 g/mol. The average Bonchev–Trinajstić information content (AvgIpc) is 2.69. The number of unbranched alkanes of at least 4 members (excludes halogenated alkanes) is 1. The average molecular weight is 346 g/mol. The van der Waals surface area contributed by atoms with Gasteiger partial charge in [-0.1, -0.05) is 13.3 Å². The smallest absolute Gasteiger partial charge is 0.327 e. The molecule has 124 valence electrons. The van der Waals surface area contributed by atoms with E-state index in [0.29, 0.717) is 5.75 Å². The van der Waals surface area contributed by atoms with Gasteiger partial charge in [-0.15, -0.1) is 11.8 Å². The van der Waals surface area contributed by atoms with Gasteiger partial charge in [0.05, 0.1) is 5.75 Å². The number of rotatable bonds is 7. The first-order valence-corrected chi connectivity index (χ1v) is 9.43. The number of carbonyl (C=O) groups excluding carboxylic acids is 2. The molecule has 2 aliphatic heterocycles. The monoisotopic (exact) mass is 346 g/mol. The van der Waals surface area contributed by atoms with Crippen LogP contribution < -0.4 is 5.32 Å². The molecule has 0 saturated carbocycles. The van der Waals surface area contributed by atoms with Crippen molar-refractivity contribution in [3.05, 3.63) is 0 Å². The van der Waals surface area contributed by atoms with Gasteiger partial charge in [-0.25, -0.2) is 4.79 Å². The molecule has 0 bridgehead atoms. The van der Waals surface area contributed by atoms with Gasteiger partial charge in [-0.05, 0) is 26.0 Å². The molecule has 0 spiro atoms. The summed E-state index contributed by atoms with van der Waals surface area (Å²) in [4.78, 5) is 36.9. The number of carboxylic acid groups (broad SMARTS) is 1. The Morgan fingerprint density at radius 1 is 1.45 bits per heavy atom. The van der Waals surface area contributed by atoms with Crippen molar-refractivity contribution in [2.75, 3.05) is 11.5 Å². The summed E-state index contributed by atoms with van der Waals surface area (Å²) in [5.41, 5.74) is 0. The number of thioether (sulfide) groups is 2. The number of hydrogen-bond acceptors (Lipinski definition) is 5. The lowest BCUT2D eigenvalue weighted by Crippen LogP contribution is -2.70. The molecule has 2 rings (SSSR count). The third-order valence-corrected chi connectivity index (χ3v) is 6.48. The quantitative estimate of drug-likeness (QED) is 0.531. The van der Waals surface area contributed by atoms with Crippen molar-refractivity contribution in [1.29, 1.82) is 0 Å². The van der Waals surface area contributed by atoms with Gasteiger partial charge < -0.3 is 15.3 Å². The molecule has 22 heavy (non-hydrogen) atoms. The Labute approximate surface area is 138 Å². The predicted molar refractivity (Wildman–Crippen MR) is 87.9 cm³/mol. The summed E-state index contributed by atoms with van der Waals surface area (Å²) >= 11 is 3.00. The Hall–Kier alpha value is -0.890. The molecule has 0 aromatic rings. The van der Waals surface area contributed by atoms with Crippen molar-refractivity contribution in [2.45, 2.75) is 55.8 Å². The van der Waals surface area contributed by atoms with Crippen LogP contribution in [0.4, 0.5) is 0 Å². The Bertz CT molecular complexity index is 483. The second-order valence-corrected chi connectivity index (χ2v) is 8.93. The van der Waals surface area contributed by atoms with E-state index in [1.807, 2.05) is 13.8 Å². The molecule has 2 amide bonds. The van der Waals surface area contributed by atoms with Crippen LogP contribution in [0.3, 0.4) is 0 Å². The van der Waals surface area contributed by atoms with E-state index in [9.17, 15) is 19.5 Å². The number of carbonyl (C=O) groups is 3. The number of amides is 2. The van der Waals surface area contributed by atoms with Gasteiger partial charge in [0.1, 0.15) is 17.5 Å². The van der Waals surface area contributed by atoms with Crippen molar-refractivity contribution < 1.29 is 19.5 Å². The van der Waals surface area contributed by atoms with Crippen molar-refractivity contribution in [2.24, 2.45) is 0 Å². The van der Waals surface area contributed by atoms with Crippen LogP contribution in [0.2, 0.25) is 0 Å². The van der Waals surface area contributed by atoms with Crippen LogP contribution in [0.1, 0.15) is 33.6 Å². The number of fused-ring (bicyclic) bond motifs is 1. The molecule has 2 N–H and O–H groups in total. The maximum absolute atomic E-state index is 12.2. The van der Waals surface area contributed by atoms with Gasteiger partial charge in [0.25, 0.3) is 0 Å². The Morgan fingerprint density at radius 2 is 2.14 bits per heavy atom. The van der Waals surface area contributed by atoms with Gasteiger partial charge in [0.15, 0.2) is 0 Å². The van der Waals surface area contributed by atoms with Crippen molar-refractivity contribution in [3.8, 4) is 0 Å². The largest absolute Gasteiger partial charge is 0.480 e. The first-order valence-electron chi connectivity index (χ1n) is 7.39. The zero-order valence-corrected chi connectivity index (χ0v) is 14.6. The minimum Gasteiger partial charge on any atom is -0.480 e. The summed E-state index contributed by atoms with van der Waals surface area (Å²) in [6.45, 7) is 5.74. The number of aliphatic carboxylic acids is 1. The van der Waals surface area contributed by atoms with E-state index in [1.165, 1.54) is 16.7 Å². The first kappa shape index (κ1) is 17.5. The molecule has 2 fully saturated rings. The van der Waals surface area contributed by atoms with Crippen LogP contribution in [-0.4, -0.2) is 61.5 Å². The molecule has 3 unspecified atom stereocenters. The van der Waals surface area contributed by atoms with Gasteiger partial charge in [0.2, 0.25) is 11.8 Å². The van der Waals surface area contributed by atoms with Crippen LogP contribution in [-0.2, 0) is 14.4 Å². The highest BCUT2D eigenvalue weighted by Gasteiger charge is 2.64. The van der Waals surface area contributed by atoms with Crippen LogP contribution in [0.25, 0.3) is 0 Å². The number of β-lactam (4-membered cyclic amide) rings is 1. The molecule has 0 aromatic heterocycles. The molecule has 2 heterocycles. The Kier molecular flexibility index (Phi) is 5.32. The number of carboxylic acids is 1. The molecule has 2 saturated heterocycles. The third-order valence-electron chi connectivity index (χ3n) is 3.87. The van der Waals surface area contributed by atoms with Crippen LogP contribution in [0.15, 0.2) is 0 Å². The minimum absolute atomic E-state index is 0.156. The number of nitrogens with zero attached hydrogens (tertiary/aromatic N) is 1. The highest BCUT2D eigenvalue weighted by atomic mass is 32.2. The zero-order valence-electron chi connectivity index (χ0n) is 13.0. The molecule has 6 nitrogen and oxygen atoms in total. The summed E-state index contributed by atoms with van der Waals surface area (Å²) in [7, 11) is 0. The molecule has 0 radical (unpaired) electrons. The lowest BCUT2D eigenvalue weighted by molar-refractivity contribution is -0.160. The molecule has 0 aromatic carbocycles. The summed E-state index contributed by atoms with van der Waals surface area (Å²) < 4.78 is -0.554. The van der Waals surface area contributed by atoms with Crippen molar-refractivity contribution in [1.82, 2.24) is 10.2 Å². The fourth-order valence-corrected chi connectivity index (χ4v) is 5.30. The normalized spacial score (nSPS) is 29.0. The molecule has 8 heteroatoms. The van der Waals surface area contributed by atoms with Crippen molar-refractivity contribution in [3.63, 3.8) is 0 Å². The lowest BCUT2D eigenvalue weighted by Gasteiger charge is -2.43. The Balaban J connectivity index is 1.90. The molecule has 3 atom stereocenters. The predicted octanol–water partition coefficient (Wildman–Crippen LogP) is 1.15. The summed E-state index contributed by atoms with van der Waals surface area (Å²) in [5.74, 6) is -0.166. The summed E-state index contributed by atoms with van der Waals surface area (Å²) in [6.07, 6.45) is 2.16. The lowest BCUT2D eigenvalue weighted by atomic mass is 9.96. The second kappa shape index (κ2) is 6.70. The van der Waals surface area contributed by atoms with E-state index >= 15 is 0 Å². The summed E-state index contributed by atoms with van der Waals surface area (Å²) in [6, 6.07) is -1.42. The van der Waals surface area contributed by atoms with E-state index < -0.39 is 22.8 Å². The topological polar surface area (TPSA) is 86.7 Å². The SMILES string of the molecule is CCCCSCC(=O)NC1C(=O)N2C1SC(C)(C)C2C(=O)O. The van der Waals surface area contributed by atoms with E-state index in [4.69, 9.17) is 0 Å². The molecule has 0 aliphatic carbocycles. The van der Waals surface area contributed by atoms with E-state index in [0.717, 1.165) is 18.6 Å². The van der Waals surface area contributed by atoms with E-state index in [2.05, 4.69) is 12.2 Å². The fraction of sp³-hybridized carbons (Fsp3) is 0.786. The van der Waals surface area contributed by atoms with Gasteiger partial charge >= 0.3 is 5.97 Å². The Morgan fingerprint density at radius 3 is 2.73 bits per heavy atom. The maximum Gasteiger partial charge on any atom is 0.327 e. The van der Waals surface area contributed by atoms with Crippen LogP contribution >= 0.6 is 23.5 Å². The van der Waals surface area contributed by atoms with Gasteiger partial charge in [-0.3, -0.25) is 9.59 Å². The van der Waals surface area contributed by atoms with Crippen molar-refractivity contribution >= 4 is 41.3 Å². The van der Waals surface area contributed by atoms with Gasteiger partial charge in [-0.2, -0.15) is 11.8 Å². The standard InChI is InChI=1S/C14H22N2O4S2/c1-4-5-6-21-7-8(17)15-9-11(18)16-10(13(19)20)14(2,3)22-12(9)16/h9-10,12H,4-7H2,1-3H3,(H,15,17)(H,19,20). The second-order valence-electron chi connectivity index (χ2n) is 6.05. The fourth-order valence-electron chi connectivity index (χ4n) is 2.77. The molecular formula is C14H22N2O4S2. The first-order chi connectivity index (χ1) is 10.3. The number of hydrogen-bond donors (Lipinski definition) is 2. The number of nitrogens with one attached hydrogen (secondary N) is 1. The minimum atomic E-state index is -0.992. The highest BCUT2D eigenvalue weighted by Crippen LogP contribution is 2.50. The van der Waals surface area contributed by atoms with E-state index in [1.54, 1.807) is 11.8 Å². The van der Waals surface area contributed by atoms with Crippen LogP contribution in [0.5, 0.6) is 0 Å². The highest BCUT2D eigenvalue weighted by molar-refractivity contribution is 8.01. The van der Waals surface area contributed by atoms with Crippen LogP contribution in [0, 0.1) is 0 Å². The zero-order chi connectivity index (χ0) is 16.5. The summed E-state index contributed by atoms with van der Waals surface area (Å²) in [5, 5.41) is 11.8. The van der Waals surface area contributed by atoms with E-state index in [-0.39, 0.29) is 17.2 Å². The third kappa shape index (κ3) is 3.22. The van der Waals surface area contributed by atoms with Gasteiger partial charge in [0, 0.05) is 4.75 Å².